The minimum atomic E-state index is -0.326. The highest BCUT2D eigenvalue weighted by atomic mass is 16.5. The van der Waals surface area contributed by atoms with Crippen molar-refractivity contribution in [2.75, 3.05) is 46.4 Å². The number of methoxy groups -OCH3 is 1. The van der Waals surface area contributed by atoms with Crippen LogP contribution in [0.25, 0.3) is 0 Å². The molecule has 2 N–H and O–H groups in total. The molecule has 2 fully saturated rings. The number of ether oxygens (including phenoxy) is 1. The summed E-state index contributed by atoms with van der Waals surface area (Å²) in [6, 6.07) is 6.72. The number of β-amino-alcohol motifs (C(OH)–C–C–N with tert-alkyl or cyclic N) is 1. The van der Waals surface area contributed by atoms with E-state index >= 15 is 0 Å². The van der Waals surface area contributed by atoms with Gasteiger partial charge in [0.15, 0.2) is 0 Å². The Morgan fingerprint density at radius 1 is 1.07 bits per heavy atom. The normalized spacial score (nSPS) is 24.9. The maximum atomic E-state index is 10.8. The Bertz CT molecular complexity index is 630. The Labute approximate surface area is 176 Å². The molecule has 29 heavy (non-hydrogen) atoms. The Morgan fingerprint density at radius 2 is 1.79 bits per heavy atom. The van der Waals surface area contributed by atoms with E-state index in [1.54, 1.807) is 7.11 Å². The molecule has 2 heterocycles. The third-order valence-electron chi connectivity index (χ3n) is 6.64. The lowest BCUT2D eigenvalue weighted by molar-refractivity contribution is -0.0355. The number of nitrogens with zero attached hydrogens (tertiary/aromatic N) is 3. The molecular weight excluding hydrogens is 366 g/mol. The zero-order valence-electron chi connectivity index (χ0n) is 18.4. The van der Waals surface area contributed by atoms with Gasteiger partial charge in [-0.3, -0.25) is 14.7 Å². The van der Waals surface area contributed by atoms with Crippen molar-refractivity contribution in [2.24, 2.45) is 0 Å². The fourth-order valence-electron chi connectivity index (χ4n) is 4.77. The number of hydrogen-bond acceptors (Lipinski definition) is 6. The third kappa shape index (κ3) is 5.92. The van der Waals surface area contributed by atoms with Crippen molar-refractivity contribution in [2.45, 2.75) is 64.4 Å². The van der Waals surface area contributed by atoms with Crippen molar-refractivity contribution < 1.29 is 14.9 Å². The molecule has 0 radical (unpaired) electrons. The van der Waals surface area contributed by atoms with Crippen molar-refractivity contribution in [3.05, 3.63) is 29.3 Å². The van der Waals surface area contributed by atoms with Crippen LogP contribution in [-0.4, -0.2) is 89.5 Å². The first kappa shape index (κ1) is 22.5. The summed E-state index contributed by atoms with van der Waals surface area (Å²) in [4.78, 5) is 7.14. The van der Waals surface area contributed by atoms with Crippen molar-refractivity contribution in [3.63, 3.8) is 0 Å². The number of aliphatic hydroxyl groups excluding tert-OH is 2. The average Bonchev–Trinajstić information content (AvgIpc) is 2.73. The van der Waals surface area contributed by atoms with Crippen LogP contribution < -0.4 is 4.74 Å². The average molecular weight is 406 g/mol. The number of hydrogen-bond donors (Lipinski definition) is 2. The van der Waals surface area contributed by atoms with Crippen LogP contribution in [0.2, 0.25) is 0 Å². The van der Waals surface area contributed by atoms with Crippen LogP contribution in [0, 0.1) is 0 Å². The number of likely N-dealkylation sites (tertiary alicyclic amines) is 2. The molecule has 164 valence electrons. The van der Waals surface area contributed by atoms with Gasteiger partial charge in [-0.1, -0.05) is 19.9 Å². The SMILES string of the molecule is CCN(CC)Cc1cc(CN2CC[C@@H](N3CCC(O)CC3)[C@H](O)C2)ccc1OC. The first-order chi connectivity index (χ1) is 14.0. The molecule has 1 aromatic carbocycles. The van der Waals surface area contributed by atoms with Crippen LogP contribution >= 0.6 is 0 Å². The molecule has 6 heteroatoms. The fraction of sp³-hybridized carbons (Fsp3) is 0.739. The van der Waals surface area contributed by atoms with Crippen molar-refractivity contribution in [3.8, 4) is 5.75 Å². The maximum Gasteiger partial charge on any atom is 0.123 e. The van der Waals surface area contributed by atoms with Gasteiger partial charge in [-0.2, -0.15) is 0 Å². The molecule has 3 rings (SSSR count). The second-order valence-electron chi connectivity index (χ2n) is 8.53. The Morgan fingerprint density at radius 3 is 2.41 bits per heavy atom. The highest BCUT2D eigenvalue weighted by molar-refractivity contribution is 5.37. The van der Waals surface area contributed by atoms with Gasteiger partial charge in [-0.05, 0) is 50.0 Å². The van der Waals surface area contributed by atoms with E-state index in [0.717, 1.165) is 70.8 Å². The Hall–Kier alpha value is -1.18. The highest BCUT2D eigenvalue weighted by Gasteiger charge is 2.33. The lowest BCUT2D eigenvalue weighted by Gasteiger charge is -2.43. The lowest BCUT2D eigenvalue weighted by atomic mass is 9.96. The lowest BCUT2D eigenvalue weighted by Crippen LogP contribution is -2.55. The first-order valence-corrected chi connectivity index (χ1v) is 11.2. The smallest absolute Gasteiger partial charge is 0.123 e. The van der Waals surface area contributed by atoms with Crippen LogP contribution in [0.3, 0.4) is 0 Å². The summed E-state index contributed by atoms with van der Waals surface area (Å²) in [5.74, 6) is 0.951. The Kier molecular flexibility index (Phi) is 8.33. The van der Waals surface area contributed by atoms with E-state index in [1.807, 2.05) is 0 Å². The molecule has 0 amide bonds. The summed E-state index contributed by atoms with van der Waals surface area (Å²) in [6.07, 6.45) is 2.15. The summed E-state index contributed by atoms with van der Waals surface area (Å²) in [5.41, 5.74) is 2.51. The van der Waals surface area contributed by atoms with E-state index in [-0.39, 0.29) is 18.2 Å². The molecule has 2 saturated heterocycles. The quantitative estimate of drug-likeness (QED) is 0.689. The van der Waals surface area contributed by atoms with Crippen LogP contribution in [0.4, 0.5) is 0 Å². The summed E-state index contributed by atoms with van der Waals surface area (Å²) >= 11 is 0. The molecule has 0 aliphatic carbocycles. The molecule has 0 unspecified atom stereocenters. The molecule has 0 spiro atoms. The van der Waals surface area contributed by atoms with Crippen molar-refractivity contribution in [1.82, 2.24) is 14.7 Å². The van der Waals surface area contributed by atoms with Gasteiger partial charge < -0.3 is 14.9 Å². The number of aliphatic hydroxyl groups is 2. The van der Waals surface area contributed by atoms with Gasteiger partial charge in [0.05, 0.1) is 19.3 Å². The summed E-state index contributed by atoms with van der Waals surface area (Å²) in [7, 11) is 1.74. The predicted molar refractivity (Wildman–Crippen MR) is 116 cm³/mol. The van der Waals surface area contributed by atoms with Crippen LogP contribution in [0.1, 0.15) is 44.2 Å². The molecule has 0 saturated carbocycles. The van der Waals surface area contributed by atoms with Crippen LogP contribution in [0.15, 0.2) is 18.2 Å². The molecule has 1 aromatic rings. The highest BCUT2D eigenvalue weighted by Crippen LogP contribution is 2.25. The van der Waals surface area contributed by atoms with Gasteiger partial charge in [0, 0.05) is 50.9 Å². The molecule has 0 bridgehead atoms. The van der Waals surface area contributed by atoms with E-state index in [1.165, 1.54) is 11.1 Å². The van der Waals surface area contributed by atoms with Gasteiger partial charge in [0.25, 0.3) is 0 Å². The minimum Gasteiger partial charge on any atom is -0.496 e. The largest absolute Gasteiger partial charge is 0.496 e. The fourth-order valence-corrected chi connectivity index (χ4v) is 4.77. The standard InChI is InChI=1S/C23H39N3O3/c1-4-24(5-2)16-19-14-18(6-7-23(19)29-3)15-25-11-10-21(22(28)17-25)26-12-8-20(27)9-13-26/h6-7,14,20-22,27-28H,4-5,8-13,15-17H2,1-3H3/t21-,22-/m1/s1. The Balaban J connectivity index is 1.59. The van der Waals surface area contributed by atoms with E-state index in [4.69, 9.17) is 4.74 Å². The second kappa shape index (κ2) is 10.7. The monoisotopic (exact) mass is 405 g/mol. The summed E-state index contributed by atoms with van der Waals surface area (Å²) in [5, 5.41) is 20.5. The van der Waals surface area contributed by atoms with Gasteiger partial charge >= 0.3 is 0 Å². The van der Waals surface area contributed by atoms with E-state index < -0.39 is 0 Å². The number of piperidine rings is 2. The van der Waals surface area contributed by atoms with Crippen LogP contribution in [-0.2, 0) is 13.1 Å². The van der Waals surface area contributed by atoms with Gasteiger partial charge in [0.1, 0.15) is 5.75 Å². The zero-order chi connectivity index (χ0) is 20.8. The summed E-state index contributed by atoms with van der Waals surface area (Å²) in [6.45, 7) is 11.7. The third-order valence-corrected chi connectivity index (χ3v) is 6.64. The van der Waals surface area contributed by atoms with Crippen molar-refractivity contribution >= 4 is 0 Å². The minimum absolute atomic E-state index is 0.163. The molecule has 2 aliphatic heterocycles. The van der Waals surface area contributed by atoms with Crippen molar-refractivity contribution in [1.29, 1.82) is 0 Å². The number of benzene rings is 1. The molecular formula is C23H39N3O3. The van der Waals surface area contributed by atoms with E-state index in [2.05, 4.69) is 46.7 Å². The number of rotatable bonds is 8. The van der Waals surface area contributed by atoms with Gasteiger partial charge in [-0.25, -0.2) is 0 Å². The molecule has 2 atom stereocenters. The molecule has 0 aromatic heterocycles. The summed E-state index contributed by atoms with van der Waals surface area (Å²) < 4.78 is 5.58. The zero-order valence-corrected chi connectivity index (χ0v) is 18.4. The maximum absolute atomic E-state index is 10.8. The molecule has 6 nitrogen and oxygen atoms in total. The van der Waals surface area contributed by atoms with Gasteiger partial charge in [-0.15, -0.1) is 0 Å². The second-order valence-corrected chi connectivity index (χ2v) is 8.53. The first-order valence-electron chi connectivity index (χ1n) is 11.2. The van der Waals surface area contributed by atoms with Gasteiger partial charge in [0.2, 0.25) is 0 Å². The van der Waals surface area contributed by atoms with E-state index in [9.17, 15) is 10.2 Å². The van der Waals surface area contributed by atoms with E-state index in [0.29, 0.717) is 6.54 Å². The predicted octanol–water partition coefficient (Wildman–Crippen LogP) is 1.93. The van der Waals surface area contributed by atoms with Crippen LogP contribution in [0.5, 0.6) is 5.75 Å². The topological polar surface area (TPSA) is 59.4 Å². The molecule has 2 aliphatic rings.